The molecule has 0 aromatic heterocycles. The van der Waals surface area contributed by atoms with E-state index < -0.39 is 53.5 Å². The van der Waals surface area contributed by atoms with Gasteiger partial charge in [-0.2, -0.15) is 13.2 Å². The van der Waals surface area contributed by atoms with Crippen molar-refractivity contribution in [3.8, 4) is 5.75 Å². The zero-order valence-electron chi connectivity index (χ0n) is 28.4. The number of methoxy groups -OCH3 is 2. The van der Waals surface area contributed by atoms with Crippen LogP contribution in [0.5, 0.6) is 5.75 Å². The first-order chi connectivity index (χ1) is 21.3. The molecule has 0 saturated carbocycles. The fourth-order valence-electron chi connectivity index (χ4n) is 4.38. The second kappa shape index (κ2) is 17.0. The van der Waals surface area contributed by atoms with E-state index in [9.17, 15) is 31.5 Å². The Morgan fingerprint density at radius 2 is 1.50 bits per heavy atom. The third-order valence-electron chi connectivity index (χ3n) is 7.62. The molecule has 0 spiro atoms. The summed E-state index contributed by atoms with van der Waals surface area (Å²) in [5, 5.41) is 3.90. The Labute approximate surface area is 268 Å². The lowest BCUT2D eigenvalue weighted by Crippen LogP contribution is -2.41. The van der Waals surface area contributed by atoms with E-state index in [1.165, 1.54) is 18.1 Å². The van der Waals surface area contributed by atoms with Gasteiger partial charge >= 0.3 is 19.3 Å². The van der Waals surface area contributed by atoms with E-state index in [4.69, 9.17) is 14.0 Å². The van der Waals surface area contributed by atoms with Gasteiger partial charge in [0.05, 0.1) is 25.4 Å². The highest BCUT2D eigenvalue weighted by Gasteiger charge is 2.52. The minimum absolute atomic E-state index is 0.333. The molecule has 1 unspecified atom stereocenters. The third kappa shape index (κ3) is 10.1. The number of aryl methyl sites for hydroxylation is 1. The molecule has 2 aromatic rings. The number of carbonyl (C=O) groups excluding carboxylic acids is 2. The maximum Gasteiger partial charge on any atom is 0.498 e. The number of rotatable bonds is 9. The molecule has 1 aliphatic heterocycles. The molecule has 2 aromatic carbocycles. The zero-order chi connectivity index (χ0) is 35.6. The lowest BCUT2D eigenvalue weighted by atomic mass is 9.76. The molecule has 1 aliphatic rings. The summed E-state index contributed by atoms with van der Waals surface area (Å²) < 4.78 is 87.9. The van der Waals surface area contributed by atoms with Gasteiger partial charge < -0.3 is 29.4 Å². The molecule has 8 nitrogen and oxygen atoms in total. The summed E-state index contributed by atoms with van der Waals surface area (Å²) in [6, 6.07) is 3.32. The molecular weight excluding hydrogens is 614 g/mol. The molecule has 0 aliphatic carbocycles. The molecule has 3 rings (SSSR count). The van der Waals surface area contributed by atoms with Gasteiger partial charge in [-0.1, -0.05) is 39.8 Å². The molecule has 14 heteroatoms. The number of alkyl halides is 3. The molecule has 1 saturated heterocycles. The number of ether oxygens (including phenoxy) is 2. The normalized spacial score (nSPS) is 15.4. The van der Waals surface area contributed by atoms with Crippen molar-refractivity contribution in [2.75, 3.05) is 26.1 Å². The molecule has 1 fully saturated rings. The van der Waals surface area contributed by atoms with E-state index in [-0.39, 0.29) is 24.7 Å². The van der Waals surface area contributed by atoms with E-state index >= 15 is 0 Å². The number of carbonyl (C=O) groups is 2. The lowest BCUT2D eigenvalue weighted by Gasteiger charge is -2.32. The van der Waals surface area contributed by atoms with Crippen LogP contribution in [0.25, 0.3) is 0 Å². The van der Waals surface area contributed by atoms with Crippen LogP contribution >= 0.6 is 0 Å². The predicted molar refractivity (Wildman–Crippen MR) is 169 cm³/mol. The number of amides is 1. The smallest absolute Gasteiger partial charge is 0.497 e. The molecule has 1 atom stereocenters. The van der Waals surface area contributed by atoms with Crippen LogP contribution in [0.1, 0.15) is 83.3 Å². The summed E-state index contributed by atoms with van der Waals surface area (Å²) in [5.74, 6) is -3.90. The van der Waals surface area contributed by atoms with Gasteiger partial charge in [0.25, 0.3) is 5.91 Å². The summed E-state index contributed by atoms with van der Waals surface area (Å²) >= 11 is 0. The van der Waals surface area contributed by atoms with Gasteiger partial charge in [0, 0.05) is 11.2 Å². The predicted octanol–water partition coefficient (Wildman–Crippen LogP) is 6.51. The zero-order valence-corrected chi connectivity index (χ0v) is 28.4. The molecule has 0 radical (unpaired) electrons. The van der Waals surface area contributed by atoms with Gasteiger partial charge in [0.1, 0.15) is 35.5 Å². The van der Waals surface area contributed by atoms with Crippen LogP contribution < -0.4 is 20.8 Å². The SMILES string of the molecule is CC.CCC(Nc1cc(F)c(C(=O)NCC(=O)OC)c(F)c1)C(F)(F)F.CCc1c(C)ccc(B2OC(C)(C)C(C)(C)O2)c1OC. The van der Waals surface area contributed by atoms with Gasteiger partial charge in [-0.25, -0.2) is 8.78 Å². The lowest BCUT2D eigenvalue weighted by molar-refractivity contribution is -0.143. The number of nitrogens with one attached hydrogen (secondary N) is 2. The molecule has 258 valence electrons. The Kier molecular flexibility index (Phi) is 15.0. The van der Waals surface area contributed by atoms with Crippen LogP contribution in [0.15, 0.2) is 24.3 Å². The fourth-order valence-corrected chi connectivity index (χ4v) is 4.38. The number of hydrogen-bond donors (Lipinski definition) is 2. The monoisotopic (exact) mass is 660 g/mol. The summed E-state index contributed by atoms with van der Waals surface area (Å²) in [7, 11) is 2.39. The van der Waals surface area contributed by atoms with E-state index in [0.717, 1.165) is 24.7 Å². The number of anilines is 1. The molecular formula is C32H46BF5N2O6. The van der Waals surface area contributed by atoms with E-state index in [1.807, 2.05) is 24.5 Å². The van der Waals surface area contributed by atoms with Crippen molar-refractivity contribution in [1.29, 1.82) is 0 Å². The van der Waals surface area contributed by atoms with Gasteiger partial charge in [-0.15, -0.1) is 0 Å². The van der Waals surface area contributed by atoms with Crippen molar-refractivity contribution in [3.05, 3.63) is 52.6 Å². The molecule has 2 N–H and O–H groups in total. The Morgan fingerprint density at radius 1 is 0.978 bits per heavy atom. The van der Waals surface area contributed by atoms with Crippen molar-refractivity contribution in [2.45, 2.75) is 98.6 Å². The average molecular weight is 661 g/mol. The van der Waals surface area contributed by atoms with Gasteiger partial charge in [-0.3, -0.25) is 9.59 Å². The highest BCUT2D eigenvalue weighted by Crippen LogP contribution is 2.37. The maximum atomic E-state index is 13.9. The number of halogens is 5. The largest absolute Gasteiger partial charge is 0.498 e. The van der Waals surface area contributed by atoms with E-state index in [2.05, 4.69) is 58.4 Å². The Bertz CT molecular complexity index is 1300. The Morgan fingerprint density at radius 3 is 1.91 bits per heavy atom. The third-order valence-corrected chi connectivity index (χ3v) is 7.62. The van der Waals surface area contributed by atoms with Crippen molar-refractivity contribution in [1.82, 2.24) is 5.32 Å². The molecule has 46 heavy (non-hydrogen) atoms. The second-order valence-electron chi connectivity index (χ2n) is 11.1. The first-order valence-corrected chi connectivity index (χ1v) is 15.0. The van der Waals surface area contributed by atoms with Crippen LogP contribution in [-0.4, -0.2) is 63.2 Å². The standard InChI is InChI=1S/C16H25BO3.C14H15F5N2O3.C2H6/c1-8-12-11(2)9-10-13(14(12)18-7)17-19-15(3,4)16(5,6)20-17;1-3-10(14(17,18)19)21-7-4-8(15)12(9(16)5-7)13(23)20-6-11(22)24-2;1-2/h9-10H,8H2,1-7H3;4-5,10,21H,3,6H2,1-2H3,(H,20,23);1-2H3. The minimum atomic E-state index is -4.60. The summed E-state index contributed by atoms with van der Waals surface area (Å²) in [5.41, 5.74) is 1.31. The second-order valence-corrected chi connectivity index (χ2v) is 11.1. The molecule has 1 heterocycles. The van der Waals surface area contributed by atoms with Gasteiger partial charge in [-0.05, 0) is 70.7 Å². The van der Waals surface area contributed by atoms with Crippen LogP contribution in [0, 0.1) is 18.6 Å². The van der Waals surface area contributed by atoms with Crippen molar-refractivity contribution in [2.24, 2.45) is 0 Å². The van der Waals surface area contributed by atoms with E-state index in [1.54, 1.807) is 7.11 Å². The highest BCUT2D eigenvalue weighted by molar-refractivity contribution is 6.63. The van der Waals surface area contributed by atoms with Crippen molar-refractivity contribution >= 4 is 30.1 Å². The van der Waals surface area contributed by atoms with Gasteiger partial charge in [0.15, 0.2) is 0 Å². The fraction of sp³-hybridized carbons (Fsp3) is 0.562. The van der Waals surface area contributed by atoms with Crippen molar-refractivity contribution < 1.29 is 50.3 Å². The summed E-state index contributed by atoms with van der Waals surface area (Å²) in [6.45, 7) is 17.1. The number of esters is 1. The van der Waals surface area contributed by atoms with Crippen LogP contribution in [0.2, 0.25) is 0 Å². The van der Waals surface area contributed by atoms with Gasteiger partial charge in [0.2, 0.25) is 0 Å². The number of benzene rings is 2. The summed E-state index contributed by atoms with van der Waals surface area (Å²) in [6.07, 6.45) is -4.02. The quantitative estimate of drug-likeness (QED) is 0.180. The van der Waals surface area contributed by atoms with Crippen LogP contribution in [-0.2, 0) is 25.3 Å². The molecule has 0 bridgehead atoms. The summed E-state index contributed by atoms with van der Waals surface area (Å²) in [4.78, 5) is 22.5. The highest BCUT2D eigenvalue weighted by atomic mass is 19.4. The Balaban J connectivity index is 0.000000442. The topological polar surface area (TPSA) is 95.1 Å². The van der Waals surface area contributed by atoms with E-state index in [0.29, 0.717) is 12.1 Å². The first kappa shape index (κ1) is 40.6. The maximum absolute atomic E-state index is 13.9. The number of hydrogen-bond acceptors (Lipinski definition) is 7. The first-order valence-electron chi connectivity index (χ1n) is 15.0. The van der Waals surface area contributed by atoms with Crippen LogP contribution in [0.4, 0.5) is 27.6 Å². The molecule has 1 amide bonds. The van der Waals surface area contributed by atoms with Crippen LogP contribution in [0.3, 0.4) is 0 Å². The minimum Gasteiger partial charge on any atom is -0.497 e. The average Bonchev–Trinajstić information content (AvgIpc) is 3.20. The van der Waals surface area contributed by atoms with Crippen molar-refractivity contribution in [3.63, 3.8) is 0 Å². The Hall–Kier alpha value is -3.39.